The number of hydrogen-bond acceptors (Lipinski definition) is 7. The number of hydrazone groups is 1. The minimum absolute atomic E-state index is 0.0195. The van der Waals surface area contributed by atoms with Crippen molar-refractivity contribution in [1.29, 1.82) is 0 Å². The van der Waals surface area contributed by atoms with Crippen molar-refractivity contribution >= 4 is 18.0 Å². The number of fused-ring (bicyclic) bond motifs is 1. The highest BCUT2D eigenvalue weighted by molar-refractivity contribution is 6.09. The van der Waals surface area contributed by atoms with Crippen molar-refractivity contribution in [3.05, 3.63) is 70.3 Å². The van der Waals surface area contributed by atoms with Crippen LogP contribution in [0, 0.1) is 5.92 Å². The van der Waals surface area contributed by atoms with Gasteiger partial charge in [-0.25, -0.2) is 0 Å². The van der Waals surface area contributed by atoms with E-state index in [2.05, 4.69) is 12.0 Å². The molecule has 0 bridgehead atoms. The van der Waals surface area contributed by atoms with Crippen molar-refractivity contribution in [3.8, 4) is 0 Å². The summed E-state index contributed by atoms with van der Waals surface area (Å²) < 4.78 is 10.8. The van der Waals surface area contributed by atoms with Gasteiger partial charge in [-0.3, -0.25) is 14.6 Å². The van der Waals surface area contributed by atoms with E-state index in [-0.39, 0.29) is 23.7 Å². The Morgan fingerprint density at radius 2 is 1.84 bits per heavy atom. The van der Waals surface area contributed by atoms with E-state index in [0.717, 1.165) is 68.3 Å². The van der Waals surface area contributed by atoms with Gasteiger partial charge in [0.2, 0.25) is 0 Å². The highest BCUT2D eigenvalue weighted by atomic mass is 16.5. The first-order chi connectivity index (χ1) is 18.0. The number of carbonyl (C=O) groups is 2. The molecule has 2 aromatic carbocycles. The van der Waals surface area contributed by atoms with Crippen LogP contribution in [0.3, 0.4) is 0 Å². The maximum atomic E-state index is 13.2. The SMILES string of the molecule is CCCCCCOC(=O)CC1CCc2ccc(C(=O)c3ccc(C=NN4CCOCC4)cc3)cc2C1N. The molecular formula is C30H39N3O4. The van der Waals surface area contributed by atoms with Crippen LogP contribution >= 0.6 is 0 Å². The van der Waals surface area contributed by atoms with E-state index in [1.54, 1.807) is 0 Å². The Morgan fingerprint density at radius 1 is 1.08 bits per heavy atom. The molecule has 1 aliphatic carbocycles. The summed E-state index contributed by atoms with van der Waals surface area (Å²) >= 11 is 0. The van der Waals surface area contributed by atoms with Crippen molar-refractivity contribution in [1.82, 2.24) is 5.01 Å². The molecule has 37 heavy (non-hydrogen) atoms. The second-order valence-electron chi connectivity index (χ2n) is 9.99. The Balaban J connectivity index is 1.36. The predicted octanol–water partition coefficient (Wildman–Crippen LogP) is 4.66. The van der Waals surface area contributed by atoms with Gasteiger partial charge in [0.05, 0.1) is 45.5 Å². The lowest BCUT2D eigenvalue weighted by Gasteiger charge is -2.31. The van der Waals surface area contributed by atoms with Crippen molar-refractivity contribution in [3.63, 3.8) is 0 Å². The van der Waals surface area contributed by atoms with Crippen LogP contribution in [-0.4, -0.2) is 55.9 Å². The zero-order valence-electron chi connectivity index (χ0n) is 21.9. The van der Waals surface area contributed by atoms with Crippen LogP contribution < -0.4 is 5.73 Å². The summed E-state index contributed by atoms with van der Waals surface area (Å²) in [5.41, 5.74) is 10.9. The van der Waals surface area contributed by atoms with Gasteiger partial charge < -0.3 is 15.2 Å². The number of morpholine rings is 1. The number of ketones is 1. The molecule has 1 heterocycles. The van der Waals surface area contributed by atoms with E-state index in [1.165, 1.54) is 0 Å². The van der Waals surface area contributed by atoms with Gasteiger partial charge in [-0.05, 0) is 47.9 Å². The number of benzene rings is 2. The Morgan fingerprint density at radius 3 is 2.59 bits per heavy atom. The molecule has 7 nitrogen and oxygen atoms in total. The van der Waals surface area contributed by atoms with E-state index < -0.39 is 0 Å². The van der Waals surface area contributed by atoms with E-state index in [4.69, 9.17) is 15.2 Å². The lowest BCUT2D eigenvalue weighted by molar-refractivity contribution is -0.145. The van der Waals surface area contributed by atoms with Gasteiger partial charge in [0, 0.05) is 17.2 Å². The number of nitrogens with zero attached hydrogens (tertiary/aromatic N) is 2. The summed E-state index contributed by atoms with van der Waals surface area (Å²) in [6, 6.07) is 13.0. The molecule has 0 spiro atoms. The first kappa shape index (κ1) is 27.0. The third-order valence-corrected chi connectivity index (χ3v) is 7.28. The van der Waals surface area contributed by atoms with Crippen molar-refractivity contribution in [2.45, 2.75) is 57.9 Å². The summed E-state index contributed by atoms with van der Waals surface area (Å²) in [7, 11) is 0. The molecule has 0 radical (unpaired) electrons. The van der Waals surface area contributed by atoms with Gasteiger partial charge in [-0.1, -0.05) is 62.6 Å². The predicted molar refractivity (Wildman–Crippen MR) is 145 cm³/mol. The Bertz CT molecular complexity index is 1080. The van der Waals surface area contributed by atoms with Gasteiger partial charge in [0.1, 0.15) is 0 Å². The molecule has 1 aliphatic heterocycles. The minimum Gasteiger partial charge on any atom is -0.466 e. The van der Waals surface area contributed by atoms with Crippen molar-refractivity contribution in [2.75, 3.05) is 32.9 Å². The zero-order valence-corrected chi connectivity index (χ0v) is 21.9. The molecule has 198 valence electrons. The number of esters is 1. The van der Waals surface area contributed by atoms with Crippen LogP contribution in [0.2, 0.25) is 0 Å². The number of carbonyl (C=O) groups excluding carboxylic acids is 2. The normalized spacial score (nSPS) is 19.6. The molecule has 4 rings (SSSR count). The van der Waals surface area contributed by atoms with Crippen LogP contribution in [0.15, 0.2) is 47.6 Å². The molecule has 2 N–H and O–H groups in total. The number of unbranched alkanes of at least 4 members (excludes halogenated alkanes) is 3. The molecule has 2 aromatic rings. The van der Waals surface area contributed by atoms with Gasteiger partial charge >= 0.3 is 5.97 Å². The lowest BCUT2D eigenvalue weighted by Crippen LogP contribution is -2.32. The highest BCUT2D eigenvalue weighted by Crippen LogP contribution is 2.35. The van der Waals surface area contributed by atoms with Gasteiger partial charge in [-0.2, -0.15) is 5.10 Å². The first-order valence-corrected chi connectivity index (χ1v) is 13.6. The standard InChI is InChI=1S/C30H39N3O4/c1-2-3-4-5-16-37-28(34)20-25-12-10-23-11-13-26(19-27(23)29(25)31)30(35)24-8-6-22(7-9-24)21-32-33-14-17-36-18-15-33/h6-9,11,13,19,21,25,29H,2-5,10,12,14-18,20,31H2,1H3. The number of nitrogens with two attached hydrogens (primary N) is 1. The fraction of sp³-hybridized carbons (Fsp3) is 0.500. The van der Waals surface area contributed by atoms with E-state index in [9.17, 15) is 9.59 Å². The van der Waals surface area contributed by atoms with Gasteiger partial charge in [0.15, 0.2) is 5.78 Å². The maximum Gasteiger partial charge on any atom is 0.306 e. The van der Waals surface area contributed by atoms with E-state index in [1.807, 2.05) is 53.7 Å². The molecule has 0 amide bonds. The monoisotopic (exact) mass is 505 g/mol. The molecule has 2 aliphatic rings. The molecular weight excluding hydrogens is 466 g/mol. The van der Waals surface area contributed by atoms with Crippen LogP contribution in [0.5, 0.6) is 0 Å². The number of hydrogen-bond donors (Lipinski definition) is 1. The second-order valence-corrected chi connectivity index (χ2v) is 9.99. The minimum atomic E-state index is -0.289. The topological polar surface area (TPSA) is 94.2 Å². The fourth-order valence-corrected chi connectivity index (χ4v) is 4.97. The molecule has 1 fully saturated rings. The van der Waals surface area contributed by atoms with Crippen molar-refractivity contribution < 1.29 is 19.1 Å². The summed E-state index contributed by atoms with van der Waals surface area (Å²) in [4.78, 5) is 25.6. The summed E-state index contributed by atoms with van der Waals surface area (Å²) in [5, 5.41) is 6.48. The summed E-state index contributed by atoms with van der Waals surface area (Å²) in [6.45, 7) is 5.60. The molecule has 1 saturated heterocycles. The maximum absolute atomic E-state index is 13.2. The van der Waals surface area contributed by atoms with E-state index >= 15 is 0 Å². The average Bonchev–Trinajstić information content (AvgIpc) is 2.93. The lowest BCUT2D eigenvalue weighted by atomic mass is 9.77. The second kappa shape index (κ2) is 13.5. The smallest absolute Gasteiger partial charge is 0.306 e. The Hall–Kier alpha value is -3.03. The summed E-state index contributed by atoms with van der Waals surface area (Å²) in [6.07, 6.45) is 8.14. The Labute approximate surface area is 220 Å². The molecule has 2 atom stereocenters. The zero-order chi connectivity index (χ0) is 26.0. The molecule has 0 aromatic heterocycles. The molecule has 7 heteroatoms. The van der Waals surface area contributed by atoms with Crippen LogP contribution in [0.25, 0.3) is 0 Å². The fourth-order valence-electron chi connectivity index (χ4n) is 4.97. The third kappa shape index (κ3) is 7.49. The molecule has 0 saturated carbocycles. The van der Waals surface area contributed by atoms with E-state index in [0.29, 0.717) is 37.4 Å². The van der Waals surface area contributed by atoms with Gasteiger partial charge in [-0.15, -0.1) is 0 Å². The van der Waals surface area contributed by atoms with Crippen molar-refractivity contribution in [2.24, 2.45) is 16.8 Å². The van der Waals surface area contributed by atoms with Crippen LogP contribution in [0.1, 0.15) is 84.1 Å². The molecule has 2 unspecified atom stereocenters. The number of aryl methyl sites for hydroxylation is 1. The summed E-state index contributed by atoms with van der Waals surface area (Å²) in [5.74, 6) is -0.198. The number of rotatable bonds is 11. The van der Waals surface area contributed by atoms with Gasteiger partial charge in [0.25, 0.3) is 0 Å². The first-order valence-electron chi connectivity index (χ1n) is 13.6. The number of ether oxygens (including phenoxy) is 2. The van der Waals surface area contributed by atoms with Crippen LogP contribution in [-0.2, 0) is 20.7 Å². The Kier molecular flexibility index (Phi) is 9.85. The third-order valence-electron chi connectivity index (χ3n) is 7.28. The highest BCUT2D eigenvalue weighted by Gasteiger charge is 2.29. The quantitative estimate of drug-likeness (QED) is 0.207. The largest absolute Gasteiger partial charge is 0.466 e. The van der Waals surface area contributed by atoms with Crippen LogP contribution in [0.4, 0.5) is 0 Å². The average molecular weight is 506 g/mol.